The van der Waals surface area contributed by atoms with Crippen molar-refractivity contribution in [2.24, 2.45) is 0 Å². The second kappa shape index (κ2) is 7.53. The average molecular weight is 349 g/mol. The maximum Gasteiger partial charge on any atom is 0.293 e. The van der Waals surface area contributed by atoms with Crippen LogP contribution >= 0.6 is 11.8 Å². The third-order valence-electron chi connectivity index (χ3n) is 3.85. The van der Waals surface area contributed by atoms with Gasteiger partial charge in [-0.3, -0.25) is 14.5 Å². The summed E-state index contributed by atoms with van der Waals surface area (Å²) in [6, 6.07) is 17.8. The molecule has 0 N–H and O–H groups in total. The number of aryl methyl sites for hydroxylation is 1. The minimum absolute atomic E-state index is 0.217. The number of imide groups is 1. The van der Waals surface area contributed by atoms with Crippen LogP contribution in [0.5, 0.6) is 0 Å². The lowest BCUT2D eigenvalue weighted by Gasteiger charge is -2.12. The van der Waals surface area contributed by atoms with Gasteiger partial charge in [-0.25, -0.2) is 0 Å². The van der Waals surface area contributed by atoms with E-state index < -0.39 is 0 Å². The van der Waals surface area contributed by atoms with Gasteiger partial charge in [0.2, 0.25) is 0 Å². The summed E-state index contributed by atoms with van der Waals surface area (Å²) in [5, 5.41) is -0.217. The Hall–Kier alpha value is -2.59. The van der Waals surface area contributed by atoms with E-state index >= 15 is 0 Å². The highest BCUT2D eigenvalue weighted by molar-refractivity contribution is 8.18. The number of benzene rings is 2. The summed E-state index contributed by atoms with van der Waals surface area (Å²) in [5.41, 5.74) is 4.07. The van der Waals surface area contributed by atoms with Crippen LogP contribution in [0.1, 0.15) is 23.6 Å². The van der Waals surface area contributed by atoms with Gasteiger partial charge in [0.05, 0.1) is 11.4 Å². The van der Waals surface area contributed by atoms with Crippen molar-refractivity contribution in [3.05, 3.63) is 87.8 Å². The largest absolute Gasteiger partial charge is 0.293 e. The standard InChI is InChI=1S/C21H19NO2S/c1-15-7-6-10-18(11-15)14-22-20(23)19(25-21(22)24)13-16(2)12-17-8-4-3-5-9-17/h3-13H,14H2,1-2H3/b16-12+,19-13-. The van der Waals surface area contributed by atoms with Gasteiger partial charge in [-0.2, -0.15) is 0 Å². The third-order valence-corrected chi connectivity index (χ3v) is 4.76. The van der Waals surface area contributed by atoms with E-state index in [1.807, 2.05) is 74.5 Å². The Morgan fingerprint density at radius 2 is 1.84 bits per heavy atom. The molecule has 1 fully saturated rings. The van der Waals surface area contributed by atoms with Crippen LogP contribution in [0, 0.1) is 6.92 Å². The molecule has 2 aromatic carbocycles. The van der Waals surface area contributed by atoms with Crippen LogP contribution < -0.4 is 0 Å². The Labute approximate surface area is 152 Å². The maximum absolute atomic E-state index is 12.6. The second-order valence-corrected chi connectivity index (χ2v) is 7.05. The van der Waals surface area contributed by atoms with Gasteiger partial charge >= 0.3 is 0 Å². The molecular formula is C21H19NO2S. The molecule has 2 amide bonds. The fourth-order valence-electron chi connectivity index (χ4n) is 2.69. The molecule has 0 saturated carbocycles. The van der Waals surface area contributed by atoms with Crippen molar-refractivity contribution in [2.75, 3.05) is 0 Å². The number of rotatable bonds is 4. The van der Waals surface area contributed by atoms with Gasteiger partial charge < -0.3 is 0 Å². The van der Waals surface area contributed by atoms with Gasteiger partial charge in [-0.1, -0.05) is 66.2 Å². The first kappa shape index (κ1) is 17.2. The van der Waals surface area contributed by atoms with Crippen molar-refractivity contribution in [3.63, 3.8) is 0 Å². The minimum Gasteiger partial charge on any atom is -0.268 e. The first-order chi connectivity index (χ1) is 12.0. The first-order valence-electron chi connectivity index (χ1n) is 8.07. The Balaban J connectivity index is 1.77. The zero-order valence-electron chi connectivity index (χ0n) is 14.2. The molecule has 2 aromatic rings. The van der Waals surface area contributed by atoms with Crippen LogP contribution in [-0.4, -0.2) is 16.0 Å². The van der Waals surface area contributed by atoms with Gasteiger partial charge in [0, 0.05) is 0 Å². The fourth-order valence-corrected chi connectivity index (χ4v) is 3.58. The molecule has 0 unspecified atom stereocenters. The molecule has 25 heavy (non-hydrogen) atoms. The molecule has 3 nitrogen and oxygen atoms in total. The lowest BCUT2D eigenvalue weighted by Crippen LogP contribution is -2.27. The third kappa shape index (κ3) is 4.28. The summed E-state index contributed by atoms with van der Waals surface area (Å²) >= 11 is 1.00. The first-order valence-corrected chi connectivity index (χ1v) is 8.89. The van der Waals surface area contributed by atoms with Crippen molar-refractivity contribution in [2.45, 2.75) is 20.4 Å². The van der Waals surface area contributed by atoms with E-state index in [0.717, 1.165) is 34.0 Å². The number of hydrogen-bond acceptors (Lipinski definition) is 3. The number of allylic oxidation sites excluding steroid dienone is 2. The molecule has 1 saturated heterocycles. The lowest BCUT2D eigenvalue weighted by molar-refractivity contribution is -0.123. The van der Waals surface area contributed by atoms with Crippen molar-refractivity contribution < 1.29 is 9.59 Å². The number of thioether (sulfide) groups is 1. The summed E-state index contributed by atoms with van der Waals surface area (Å²) in [7, 11) is 0. The Bertz CT molecular complexity index is 868. The van der Waals surface area contributed by atoms with Gasteiger partial charge in [0.15, 0.2) is 0 Å². The summed E-state index contributed by atoms with van der Waals surface area (Å²) in [6.07, 6.45) is 3.78. The summed E-state index contributed by atoms with van der Waals surface area (Å²) in [5.74, 6) is -0.225. The molecule has 1 heterocycles. The molecule has 0 atom stereocenters. The van der Waals surface area contributed by atoms with E-state index in [0.29, 0.717) is 11.4 Å². The molecule has 0 spiro atoms. The van der Waals surface area contributed by atoms with Crippen LogP contribution in [0.25, 0.3) is 6.08 Å². The van der Waals surface area contributed by atoms with Gasteiger partial charge in [-0.05, 0) is 48.4 Å². The van der Waals surface area contributed by atoms with Crippen LogP contribution in [0.2, 0.25) is 0 Å². The Morgan fingerprint density at radius 3 is 2.56 bits per heavy atom. The molecule has 126 valence electrons. The number of carbonyl (C=O) groups excluding carboxylic acids is 2. The zero-order valence-corrected chi connectivity index (χ0v) is 15.0. The van der Waals surface area contributed by atoms with E-state index in [1.54, 1.807) is 6.08 Å². The average Bonchev–Trinajstić information content (AvgIpc) is 2.83. The second-order valence-electron chi connectivity index (χ2n) is 6.06. The maximum atomic E-state index is 12.6. The Morgan fingerprint density at radius 1 is 1.08 bits per heavy atom. The summed E-state index contributed by atoms with van der Waals surface area (Å²) < 4.78 is 0. The number of nitrogens with zero attached hydrogens (tertiary/aromatic N) is 1. The van der Waals surface area contributed by atoms with E-state index in [4.69, 9.17) is 0 Å². The molecule has 0 aliphatic carbocycles. The summed E-state index contributed by atoms with van der Waals surface area (Å²) in [4.78, 5) is 26.6. The molecule has 3 rings (SSSR count). The quantitative estimate of drug-likeness (QED) is 0.714. The van der Waals surface area contributed by atoms with Crippen LogP contribution in [0.4, 0.5) is 4.79 Å². The van der Waals surface area contributed by atoms with Crippen molar-refractivity contribution in [3.8, 4) is 0 Å². The van der Waals surface area contributed by atoms with Crippen molar-refractivity contribution in [1.29, 1.82) is 0 Å². The highest BCUT2D eigenvalue weighted by atomic mass is 32.2. The van der Waals surface area contributed by atoms with Crippen LogP contribution in [-0.2, 0) is 11.3 Å². The summed E-state index contributed by atoms with van der Waals surface area (Å²) in [6.45, 7) is 4.24. The van der Waals surface area contributed by atoms with Crippen LogP contribution in [0.15, 0.2) is 71.2 Å². The van der Waals surface area contributed by atoms with E-state index in [1.165, 1.54) is 4.90 Å². The fraction of sp³-hybridized carbons (Fsp3) is 0.143. The molecule has 0 aromatic heterocycles. The van der Waals surface area contributed by atoms with Gasteiger partial charge in [0.1, 0.15) is 0 Å². The monoisotopic (exact) mass is 349 g/mol. The SMILES string of the molecule is CC(/C=C1\SC(=O)N(Cc2cccc(C)c2)C1=O)=C\c1ccccc1. The minimum atomic E-state index is -0.225. The molecule has 0 bridgehead atoms. The van der Waals surface area contributed by atoms with Crippen molar-refractivity contribution >= 4 is 29.0 Å². The molecule has 4 heteroatoms. The molecule has 0 radical (unpaired) electrons. The predicted octanol–water partition coefficient (Wildman–Crippen LogP) is 5.18. The zero-order chi connectivity index (χ0) is 17.8. The number of amides is 2. The number of hydrogen-bond donors (Lipinski definition) is 0. The molecule has 1 aliphatic rings. The van der Waals surface area contributed by atoms with Gasteiger partial charge in [0.25, 0.3) is 11.1 Å². The molecular weight excluding hydrogens is 330 g/mol. The highest BCUT2D eigenvalue weighted by Crippen LogP contribution is 2.32. The Kier molecular flexibility index (Phi) is 5.19. The smallest absolute Gasteiger partial charge is 0.268 e. The number of carbonyl (C=O) groups is 2. The van der Waals surface area contributed by atoms with E-state index in [9.17, 15) is 9.59 Å². The normalized spacial score (nSPS) is 16.8. The van der Waals surface area contributed by atoms with E-state index in [2.05, 4.69) is 0 Å². The van der Waals surface area contributed by atoms with Crippen LogP contribution in [0.3, 0.4) is 0 Å². The predicted molar refractivity (Wildman–Crippen MR) is 103 cm³/mol. The lowest BCUT2D eigenvalue weighted by atomic mass is 10.1. The highest BCUT2D eigenvalue weighted by Gasteiger charge is 2.34. The van der Waals surface area contributed by atoms with Gasteiger partial charge in [-0.15, -0.1) is 0 Å². The van der Waals surface area contributed by atoms with E-state index in [-0.39, 0.29) is 11.1 Å². The van der Waals surface area contributed by atoms with Crippen molar-refractivity contribution in [1.82, 2.24) is 4.90 Å². The molecule has 1 aliphatic heterocycles. The topological polar surface area (TPSA) is 37.4 Å².